The second kappa shape index (κ2) is 17.3. The second-order valence-electron chi connectivity index (χ2n) is 16.1. The molecule has 2 fully saturated rings. The highest BCUT2D eigenvalue weighted by Crippen LogP contribution is 2.42. The average Bonchev–Trinajstić information content (AvgIpc) is 3.93. The predicted octanol–water partition coefficient (Wildman–Crippen LogP) is 8.88. The molecule has 312 valence electrons. The summed E-state index contributed by atoms with van der Waals surface area (Å²) in [4.78, 5) is 47.4. The number of methoxy groups -OCH3 is 1. The van der Waals surface area contributed by atoms with Crippen LogP contribution in [0.1, 0.15) is 69.4 Å². The van der Waals surface area contributed by atoms with E-state index in [4.69, 9.17) is 41.9 Å². The zero-order valence-corrected chi connectivity index (χ0v) is 35.0. The minimum Gasteiger partial charge on any atom is -0.486 e. The Morgan fingerprint density at radius 3 is 2.39 bits per heavy atom. The van der Waals surface area contributed by atoms with Crippen LogP contribution < -0.4 is 4.74 Å². The van der Waals surface area contributed by atoms with Crippen molar-refractivity contribution in [3.63, 3.8) is 0 Å². The van der Waals surface area contributed by atoms with Crippen LogP contribution in [0.3, 0.4) is 0 Å². The number of amides is 3. The average molecular weight is 852 g/mol. The minimum absolute atomic E-state index is 0.0259. The molecule has 0 N–H and O–H groups in total. The van der Waals surface area contributed by atoms with E-state index in [-0.39, 0.29) is 67.5 Å². The molecule has 1 aromatic heterocycles. The summed E-state index contributed by atoms with van der Waals surface area (Å²) in [7, 11) is 1.65. The van der Waals surface area contributed by atoms with E-state index < -0.39 is 40.4 Å². The van der Waals surface area contributed by atoms with Crippen molar-refractivity contribution in [3.05, 3.63) is 110 Å². The van der Waals surface area contributed by atoms with Crippen LogP contribution in [0.2, 0.25) is 10.0 Å². The first-order valence-electron chi connectivity index (χ1n) is 19.5. The van der Waals surface area contributed by atoms with Crippen LogP contribution in [0, 0.1) is 11.6 Å². The fraction of sp³-hybridized carbons (Fsp3) is 0.409. The summed E-state index contributed by atoms with van der Waals surface area (Å²) in [6, 6.07) is 15.1. The maximum Gasteiger partial charge on any atom is 0.411 e. The van der Waals surface area contributed by atoms with Crippen LogP contribution in [0.4, 0.5) is 13.6 Å². The van der Waals surface area contributed by atoms with Crippen LogP contribution in [-0.2, 0) is 38.6 Å². The van der Waals surface area contributed by atoms with Crippen LogP contribution in [0.15, 0.2) is 70.8 Å². The van der Waals surface area contributed by atoms with E-state index in [2.05, 4.69) is 5.16 Å². The molecule has 2 aliphatic heterocycles. The summed E-state index contributed by atoms with van der Waals surface area (Å²) < 4.78 is 51.1. The first kappa shape index (κ1) is 42.2. The number of hydrogen-bond acceptors (Lipinski definition) is 8. The minimum atomic E-state index is -0.795. The Labute approximate surface area is 351 Å². The SMILES string of the molecule is COCCc1ccc(Cl)c(CN(C(=O)C2=C(c3ccc(OCc4cc(-c5c(F)ccc(F)c5Cl)no4)cc3)C[C@@H]3CN(C(C)=O)C[C@H]2N3C(=O)OC(C)(C)C)C2CC2)c1. The smallest absolute Gasteiger partial charge is 0.411 e. The van der Waals surface area contributed by atoms with E-state index in [1.807, 2.05) is 35.2 Å². The maximum absolute atomic E-state index is 15.3. The normalized spacial score (nSPS) is 17.9. The Kier molecular flexibility index (Phi) is 12.4. The first-order valence-corrected chi connectivity index (χ1v) is 20.3. The lowest BCUT2D eigenvalue weighted by molar-refractivity contribution is -0.135. The van der Waals surface area contributed by atoms with Crippen molar-refractivity contribution >= 4 is 46.7 Å². The maximum atomic E-state index is 15.3. The monoisotopic (exact) mass is 850 g/mol. The number of hydrogen-bond donors (Lipinski definition) is 0. The van der Waals surface area contributed by atoms with Gasteiger partial charge in [0.15, 0.2) is 5.76 Å². The number of benzene rings is 3. The van der Waals surface area contributed by atoms with Gasteiger partial charge in [0.2, 0.25) is 5.91 Å². The quantitative estimate of drug-likeness (QED) is 0.130. The third kappa shape index (κ3) is 9.42. The van der Waals surface area contributed by atoms with Gasteiger partial charge in [0, 0.05) is 56.4 Å². The lowest BCUT2D eigenvalue weighted by Gasteiger charge is -2.51. The third-order valence-corrected chi connectivity index (χ3v) is 11.4. The van der Waals surface area contributed by atoms with Crippen LogP contribution >= 0.6 is 23.2 Å². The van der Waals surface area contributed by atoms with E-state index >= 15 is 4.79 Å². The van der Waals surface area contributed by atoms with Gasteiger partial charge in [-0.2, -0.15) is 0 Å². The Morgan fingerprint density at radius 1 is 0.983 bits per heavy atom. The largest absolute Gasteiger partial charge is 0.486 e. The van der Waals surface area contributed by atoms with Crippen molar-refractivity contribution in [1.82, 2.24) is 19.9 Å². The summed E-state index contributed by atoms with van der Waals surface area (Å²) in [5.74, 6) is -1.20. The van der Waals surface area contributed by atoms with E-state index in [1.165, 1.54) is 13.0 Å². The van der Waals surface area contributed by atoms with Crippen molar-refractivity contribution in [2.75, 3.05) is 26.8 Å². The molecular weight excluding hydrogens is 805 g/mol. The third-order valence-electron chi connectivity index (χ3n) is 10.7. The molecule has 0 radical (unpaired) electrons. The highest BCUT2D eigenvalue weighted by atomic mass is 35.5. The Bertz CT molecular complexity index is 2270. The van der Waals surface area contributed by atoms with Crippen molar-refractivity contribution < 1.29 is 41.9 Å². The van der Waals surface area contributed by atoms with E-state index in [0.717, 1.165) is 47.2 Å². The molecule has 1 saturated heterocycles. The number of piperazine rings is 1. The van der Waals surface area contributed by atoms with Gasteiger partial charge in [0.05, 0.1) is 29.3 Å². The van der Waals surface area contributed by atoms with Gasteiger partial charge in [0.25, 0.3) is 5.91 Å². The van der Waals surface area contributed by atoms with Gasteiger partial charge < -0.3 is 28.5 Å². The van der Waals surface area contributed by atoms with Crippen molar-refractivity contribution in [2.45, 2.75) is 90.3 Å². The highest BCUT2D eigenvalue weighted by molar-refractivity contribution is 6.33. The van der Waals surface area contributed by atoms with E-state index in [1.54, 1.807) is 49.8 Å². The van der Waals surface area contributed by atoms with Crippen LogP contribution in [0.25, 0.3) is 16.8 Å². The number of carbonyl (C=O) groups is 3. The summed E-state index contributed by atoms with van der Waals surface area (Å²) in [6.07, 6.45) is 2.06. The van der Waals surface area contributed by atoms with Crippen molar-refractivity contribution in [1.29, 1.82) is 0 Å². The van der Waals surface area contributed by atoms with Gasteiger partial charge in [-0.15, -0.1) is 0 Å². The van der Waals surface area contributed by atoms with Gasteiger partial charge in [-0.1, -0.05) is 52.6 Å². The number of halogens is 4. The molecular formula is C44H46Cl2F2N4O7. The predicted molar refractivity (Wildman–Crippen MR) is 218 cm³/mol. The summed E-state index contributed by atoms with van der Waals surface area (Å²) in [6.45, 7) is 7.99. The number of fused-ring (bicyclic) bond motifs is 2. The summed E-state index contributed by atoms with van der Waals surface area (Å²) in [5.41, 5.74) is 2.79. The fourth-order valence-electron chi connectivity index (χ4n) is 7.68. The van der Waals surface area contributed by atoms with Gasteiger partial charge in [-0.25, -0.2) is 13.6 Å². The molecule has 11 nitrogen and oxygen atoms in total. The van der Waals surface area contributed by atoms with Crippen molar-refractivity contribution in [2.24, 2.45) is 0 Å². The molecule has 15 heteroatoms. The number of rotatable bonds is 12. The molecule has 4 aromatic rings. The lowest BCUT2D eigenvalue weighted by Crippen LogP contribution is -2.65. The summed E-state index contributed by atoms with van der Waals surface area (Å²) >= 11 is 12.8. The number of nitrogens with zero attached hydrogens (tertiary/aromatic N) is 4. The van der Waals surface area contributed by atoms with Gasteiger partial charge in [-0.3, -0.25) is 14.5 Å². The second-order valence-corrected chi connectivity index (χ2v) is 16.9. The molecule has 3 amide bonds. The molecule has 3 aromatic carbocycles. The van der Waals surface area contributed by atoms with Crippen LogP contribution in [0.5, 0.6) is 5.75 Å². The van der Waals surface area contributed by atoms with Gasteiger partial charge in [-0.05, 0) is 99.0 Å². The first-order chi connectivity index (χ1) is 28.1. The molecule has 3 heterocycles. The standard InChI is InChI=1S/C44H46Cl2F2N4O7/c1-25(53)50-22-30-19-33(27-7-11-31(12-8-27)57-24-32-20-37(49-59-32)40-35(47)14-15-36(48)41(40)46)39(38(23-50)52(30)43(55)58-44(2,3)4)42(54)51(29-9-10-29)21-28-18-26(16-17-56-5)6-13-34(28)45/h6-8,11-15,18,20,29-30,38H,9-10,16-17,19,21-24H2,1-5H3/t30-,38-/m1/s1. The zero-order chi connectivity index (χ0) is 42.2. The molecule has 7 rings (SSSR count). The highest BCUT2D eigenvalue weighted by Gasteiger charge is 2.50. The van der Waals surface area contributed by atoms with Crippen LogP contribution in [-0.4, -0.2) is 88.3 Å². The number of aromatic nitrogens is 1. The van der Waals surface area contributed by atoms with Gasteiger partial charge in [0.1, 0.15) is 35.3 Å². The molecule has 0 unspecified atom stereocenters. The van der Waals surface area contributed by atoms with Crippen molar-refractivity contribution in [3.8, 4) is 17.0 Å². The fourth-order valence-corrected chi connectivity index (χ4v) is 8.11. The Hall–Kier alpha value is -4.98. The van der Waals surface area contributed by atoms with E-state index in [0.29, 0.717) is 29.4 Å². The molecule has 1 saturated carbocycles. The number of ether oxygens (including phenoxy) is 3. The topological polar surface area (TPSA) is 115 Å². The lowest BCUT2D eigenvalue weighted by atomic mass is 9.81. The zero-order valence-electron chi connectivity index (χ0n) is 33.5. The van der Waals surface area contributed by atoms with Gasteiger partial charge >= 0.3 is 6.09 Å². The molecule has 59 heavy (non-hydrogen) atoms. The molecule has 1 aliphatic carbocycles. The molecule has 2 bridgehead atoms. The molecule has 3 aliphatic rings. The van der Waals surface area contributed by atoms with E-state index in [9.17, 15) is 18.4 Å². The Morgan fingerprint density at radius 2 is 1.71 bits per heavy atom. The number of carbonyl (C=O) groups excluding carboxylic acids is 3. The molecule has 0 spiro atoms. The molecule has 2 atom stereocenters. The Balaban J connectivity index is 1.23. The summed E-state index contributed by atoms with van der Waals surface area (Å²) in [5, 5.41) is 4.00.